The summed E-state index contributed by atoms with van der Waals surface area (Å²) in [6, 6.07) is 6.41. The maximum Gasteiger partial charge on any atom is 0.453 e. The monoisotopic (exact) mass is 690 g/mol. The number of halogens is 6. The molecule has 266 valence electrons. The Labute approximate surface area is 280 Å². The molecule has 1 aromatic carbocycles. The normalized spacial score (nSPS) is 30.9. The summed E-state index contributed by atoms with van der Waals surface area (Å²) < 4.78 is 90.0. The largest absolute Gasteiger partial charge is 0.462 e. The van der Waals surface area contributed by atoms with Crippen molar-refractivity contribution in [3.63, 3.8) is 0 Å². The van der Waals surface area contributed by atoms with Gasteiger partial charge in [0.05, 0.1) is 6.61 Å². The number of Topliss-reactive ketones (excluding diaryl/α,β-unsaturated/α-hetero) is 1. The van der Waals surface area contributed by atoms with E-state index in [-0.39, 0.29) is 18.3 Å². The van der Waals surface area contributed by atoms with E-state index in [2.05, 4.69) is 19.1 Å². The van der Waals surface area contributed by atoms with Gasteiger partial charge in [-0.1, -0.05) is 45.1 Å². The minimum absolute atomic E-state index is 0.131. The van der Waals surface area contributed by atoms with Gasteiger partial charge in [0, 0.05) is 37.5 Å². The summed E-state index contributed by atoms with van der Waals surface area (Å²) in [7, 11) is 0. The third-order valence-electron chi connectivity index (χ3n) is 11.6. The van der Waals surface area contributed by atoms with Crippen molar-refractivity contribution in [2.75, 3.05) is 18.1 Å². The minimum Gasteiger partial charge on any atom is -0.462 e. The molecule has 3 nitrogen and oxygen atoms in total. The number of hydrogen-bond acceptors (Lipinski definition) is 4. The van der Waals surface area contributed by atoms with Gasteiger partial charge in [-0.05, 0) is 104 Å². The van der Waals surface area contributed by atoms with Crippen LogP contribution in [-0.4, -0.2) is 48.0 Å². The molecule has 2 unspecified atom stereocenters. The van der Waals surface area contributed by atoms with Crippen LogP contribution in [0.5, 0.6) is 5.75 Å². The fourth-order valence-corrected chi connectivity index (χ4v) is 9.86. The number of carbonyl (C=O) groups excluding carboxylic acids is 1. The van der Waals surface area contributed by atoms with E-state index in [1.165, 1.54) is 22.9 Å². The zero-order valence-electron chi connectivity index (χ0n) is 27.8. The molecule has 5 rings (SSSR count). The summed E-state index contributed by atoms with van der Waals surface area (Å²) in [5, 5.41) is 0. The van der Waals surface area contributed by atoms with Gasteiger partial charge in [-0.2, -0.15) is 33.7 Å². The number of carbonyl (C=O) groups is 1. The fourth-order valence-electron chi connectivity index (χ4n) is 8.90. The molecule has 2 saturated carbocycles. The Morgan fingerprint density at radius 1 is 0.915 bits per heavy atom. The summed E-state index contributed by atoms with van der Waals surface area (Å²) in [6.45, 7) is 2.55. The van der Waals surface area contributed by atoms with E-state index in [9.17, 15) is 31.1 Å². The highest BCUT2D eigenvalue weighted by Crippen LogP contribution is 2.59. The van der Waals surface area contributed by atoms with Gasteiger partial charge in [-0.3, -0.25) is 4.79 Å². The highest BCUT2D eigenvalue weighted by Gasteiger charge is 2.56. The molecular formula is C37H52F6O3S. The van der Waals surface area contributed by atoms with E-state index in [1.807, 2.05) is 6.07 Å². The SMILES string of the molecule is C[C@]12CC[C@@H]3c4ccc(OC5(CCCCCCCCCSCCCC(F)(F)C(F)(F)F)CC(F)CCO5)cc4CC[C@H]3[C@@H]1CCC2=O. The Morgan fingerprint density at radius 3 is 2.38 bits per heavy atom. The first kappa shape index (κ1) is 36.9. The van der Waals surface area contributed by atoms with Crippen molar-refractivity contribution in [1.82, 2.24) is 0 Å². The summed E-state index contributed by atoms with van der Waals surface area (Å²) in [4.78, 5) is 12.7. The molecule has 1 aromatic rings. The first-order chi connectivity index (χ1) is 22.3. The summed E-state index contributed by atoms with van der Waals surface area (Å²) in [5.74, 6) is -1.70. The van der Waals surface area contributed by atoms with Crippen molar-refractivity contribution in [3.05, 3.63) is 29.3 Å². The van der Waals surface area contributed by atoms with Crippen LogP contribution in [0.25, 0.3) is 0 Å². The molecule has 1 heterocycles. The van der Waals surface area contributed by atoms with Gasteiger partial charge in [-0.25, -0.2) is 4.39 Å². The predicted octanol–water partition coefficient (Wildman–Crippen LogP) is 11.2. The molecule has 10 heteroatoms. The van der Waals surface area contributed by atoms with Crippen LogP contribution in [0.15, 0.2) is 18.2 Å². The summed E-state index contributed by atoms with van der Waals surface area (Å²) >= 11 is 1.44. The first-order valence-corrected chi connectivity index (χ1v) is 19.1. The predicted molar refractivity (Wildman–Crippen MR) is 174 cm³/mol. The second kappa shape index (κ2) is 15.6. The van der Waals surface area contributed by atoms with Crippen LogP contribution >= 0.6 is 11.8 Å². The average molecular weight is 691 g/mol. The Balaban J connectivity index is 1.02. The van der Waals surface area contributed by atoms with E-state index in [4.69, 9.17) is 9.47 Å². The molecule has 0 N–H and O–H groups in total. The molecule has 0 radical (unpaired) electrons. The number of hydrogen-bond donors (Lipinski definition) is 0. The molecule has 0 bridgehead atoms. The Kier molecular flexibility index (Phi) is 12.3. The fraction of sp³-hybridized carbons (Fsp3) is 0.811. The van der Waals surface area contributed by atoms with Crippen LogP contribution in [0.3, 0.4) is 0 Å². The van der Waals surface area contributed by atoms with Gasteiger partial charge >= 0.3 is 12.1 Å². The molecular weight excluding hydrogens is 638 g/mol. The smallest absolute Gasteiger partial charge is 0.453 e. The van der Waals surface area contributed by atoms with E-state index < -0.39 is 30.5 Å². The van der Waals surface area contributed by atoms with Gasteiger partial charge in [0.25, 0.3) is 0 Å². The maximum absolute atomic E-state index is 14.7. The molecule has 0 aromatic heterocycles. The third-order valence-corrected chi connectivity index (χ3v) is 12.7. The van der Waals surface area contributed by atoms with E-state index in [1.54, 1.807) is 0 Å². The first-order valence-electron chi connectivity index (χ1n) is 18.0. The molecule has 3 aliphatic carbocycles. The Morgan fingerprint density at radius 2 is 1.64 bits per heavy atom. The molecule has 47 heavy (non-hydrogen) atoms. The van der Waals surface area contributed by atoms with Crippen molar-refractivity contribution in [2.24, 2.45) is 17.3 Å². The van der Waals surface area contributed by atoms with Crippen molar-refractivity contribution >= 4 is 17.5 Å². The second-order valence-electron chi connectivity index (χ2n) is 14.8. The number of aryl methyl sites for hydroxylation is 1. The van der Waals surface area contributed by atoms with E-state index in [0.29, 0.717) is 48.7 Å². The summed E-state index contributed by atoms with van der Waals surface area (Å²) in [6.07, 6.45) is 6.37. The average Bonchev–Trinajstić information content (AvgIpc) is 3.32. The van der Waals surface area contributed by atoms with Crippen LogP contribution in [-0.2, 0) is 16.0 Å². The molecule has 1 aliphatic heterocycles. The number of alkyl halides is 6. The maximum atomic E-state index is 14.7. The lowest BCUT2D eigenvalue weighted by Crippen LogP contribution is -2.46. The van der Waals surface area contributed by atoms with Gasteiger partial charge in [0.15, 0.2) is 0 Å². The van der Waals surface area contributed by atoms with Crippen molar-refractivity contribution in [2.45, 2.75) is 152 Å². The third kappa shape index (κ3) is 8.85. The standard InChI is InChI=1S/C37H52F6O3S/c1-34-20-16-30-29-13-11-28(24-26(29)10-12-31(30)32(34)14-15-33(34)44)46-35(25-27(38)17-21-45-35)18-7-5-3-2-4-6-8-22-47-23-9-19-36(39,40)37(41,42)43/h11,13,24,27,30-32H,2-10,12,14-23,25H2,1H3/t27?,30-,31-,32+,34+,35?/m1/s1. The lowest BCUT2D eigenvalue weighted by atomic mass is 9.55. The second-order valence-corrected chi connectivity index (χ2v) is 16.0. The Hall–Kier alpha value is -1.42. The van der Waals surface area contributed by atoms with Gasteiger partial charge in [-0.15, -0.1) is 0 Å². The Bertz CT molecular complexity index is 1190. The number of ketones is 1. The quantitative estimate of drug-likeness (QED) is 0.128. The lowest BCUT2D eigenvalue weighted by molar-refractivity contribution is -0.284. The molecule has 1 saturated heterocycles. The molecule has 4 aliphatic rings. The van der Waals surface area contributed by atoms with Crippen LogP contribution in [0, 0.1) is 17.3 Å². The number of ether oxygens (including phenoxy) is 2. The van der Waals surface area contributed by atoms with Gasteiger partial charge in [0.1, 0.15) is 17.7 Å². The van der Waals surface area contributed by atoms with Crippen LogP contribution in [0.2, 0.25) is 0 Å². The number of unbranched alkanes of at least 4 members (excludes halogenated alkanes) is 6. The lowest BCUT2D eigenvalue weighted by Gasteiger charge is -2.48. The van der Waals surface area contributed by atoms with E-state index in [0.717, 1.165) is 95.0 Å². The zero-order chi connectivity index (χ0) is 33.7. The van der Waals surface area contributed by atoms with Crippen molar-refractivity contribution in [1.29, 1.82) is 0 Å². The van der Waals surface area contributed by atoms with Gasteiger partial charge < -0.3 is 9.47 Å². The number of fused-ring (bicyclic) bond motifs is 5. The number of rotatable bonds is 16. The minimum atomic E-state index is -5.46. The molecule has 6 atom stereocenters. The van der Waals surface area contributed by atoms with Crippen LogP contribution in [0.1, 0.15) is 133 Å². The van der Waals surface area contributed by atoms with Crippen LogP contribution in [0.4, 0.5) is 26.3 Å². The van der Waals surface area contributed by atoms with E-state index >= 15 is 0 Å². The molecule has 3 fully saturated rings. The van der Waals surface area contributed by atoms with Crippen LogP contribution < -0.4 is 4.74 Å². The van der Waals surface area contributed by atoms with Crippen molar-refractivity contribution < 1.29 is 40.6 Å². The highest BCUT2D eigenvalue weighted by molar-refractivity contribution is 7.99. The molecule has 0 amide bonds. The zero-order valence-corrected chi connectivity index (χ0v) is 28.6. The highest BCUT2D eigenvalue weighted by atomic mass is 32.2. The topological polar surface area (TPSA) is 35.5 Å². The summed E-state index contributed by atoms with van der Waals surface area (Å²) in [5.41, 5.74) is 2.59. The number of thioether (sulfide) groups is 1. The number of benzene rings is 1. The molecule has 0 spiro atoms. The van der Waals surface area contributed by atoms with Gasteiger partial charge in [0.2, 0.25) is 5.79 Å². The van der Waals surface area contributed by atoms with Crippen molar-refractivity contribution in [3.8, 4) is 5.75 Å².